The number of terminal acetylenes is 1. The summed E-state index contributed by atoms with van der Waals surface area (Å²) in [5.74, 6) is 2.42. The van der Waals surface area contributed by atoms with Gasteiger partial charge in [-0.3, -0.25) is 0 Å². The van der Waals surface area contributed by atoms with Crippen molar-refractivity contribution in [2.45, 2.75) is 18.6 Å². The first-order valence-electron chi connectivity index (χ1n) is 4.49. The molecule has 2 unspecified atom stereocenters. The van der Waals surface area contributed by atoms with E-state index < -0.39 is 6.10 Å². The monoisotopic (exact) mass is 190 g/mol. The first-order chi connectivity index (χ1) is 6.79. The topological polar surface area (TPSA) is 29.5 Å². The molecular weight excluding hydrogens is 176 g/mol. The summed E-state index contributed by atoms with van der Waals surface area (Å²) < 4.78 is 5.21. The molecule has 2 nitrogen and oxygen atoms in total. The van der Waals surface area contributed by atoms with Crippen molar-refractivity contribution in [1.82, 2.24) is 0 Å². The van der Waals surface area contributed by atoms with Gasteiger partial charge < -0.3 is 9.84 Å². The summed E-state index contributed by atoms with van der Waals surface area (Å²) in [6.45, 7) is 0. The van der Waals surface area contributed by atoms with Crippen LogP contribution in [0.1, 0.15) is 18.1 Å². The van der Waals surface area contributed by atoms with Crippen LogP contribution in [0.4, 0.5) is 0 Å². The maximum atomic E-state index is 9.69. The molecule has 2 heteroatoms. The van der Waals surface area contributed by atoms with Gasteiger partial charge in [0.2, 0.25) is 0 Å². The maximum Gasteiger partial charge on any atom is 0.109 e. The summed E-state index contributed by atoms with van der Waals surface area (Å²) in [5.41, 5.74) is 0.942. The van der Waals surface area contributed by atoms with Gasteiger partial charge in [-0.05, 0) is 5.56 Å². The molecule has 0 radical (unpaired) electrons. The van der Waals surface area contributed by atoms with Crippen molar-refractivity contribution < 1.29 is 9.84 Å². The van der Waals surface area contributed by atoms with Crippen LogP contribution in [0, 0.1) is 12.3 Å². The van der Waals surface area contributed by atoms with E-state index in [1.165, 1.54) is 0 Å². The molecule has 14 heavy (non-hydrogen) atoms. The van der Waals surface area contributed by atoms with E-state index in [0.29, 0.717) is 6.42 Å². The molecule has 1 aromatic carbocycles. The summed E-state index contributed by atoms with van der Waals surface area (Å²) >= 11 is 0. The molecule has 0 heterocycles. The van der Waals surface area contributed by atoms with Gasteiger partial charge >= 0.3 is 0 Å². The molecule has 1 N–H and O–H groups in total. The second-order valence-corrected chi connectivity index (χ2v) is 3.04. The van der Waals surface area contributed by atoms with E-state index in [2.05, 4.69) is 5.92 Å². The fraction of sp³-hybridized carbons (Fsp3) is 0.333. The average Bonchev–Trinajstić information content (AvgIpc) is 2.21. The van der Waals surface area contributed by atoms with Gasteiger partial charge in [-0.15, -0.1) is 12.3 Å². The SMILES string of the molecule is C#CCC(O)C(OC)c1ccccc1. The molecule has 0 saturated carbocycles. The Hall–Kier alpha value is -1.30. The molecule has 74 valence electrons. The fourth-order valence-electron chi connectivity index (χ4n) is 1.39. The van der Waals surface area contributed by atoms with Crippen molar-refractivity contribution in [3.63, 3.8) is 0 Å². The third-order valence-corrected chi connectivity index (χ3v) is 2.06. The van der Waals surface area contributed by atoms with Crippen molar-refractivity contribution in [2.75, 3.05) is 7.11 Å². The smallest absolute Gasteiger partial charge is 0.109 e. The lowest BCUT2D eigenvalue weighted by Crippen LogP contribution is -2.19. The molecule has 0 aliphatic heterocycles. The lowest BCUT2D eigenvalue weighted by Gasteiger charge is -2.20. The zero-order chi connectivity index (χ0) is 10.4. The summed E-state index contributed by atoms with van der Waals surface area (Å²) in [5, 5.41) is 9.69. The molecular formula is C12H14O2. The van der Waals surface area contributed by atoms with Crippen LogP contribution in [0.15, 0.2) is 30.3 Å². The predicted octanol–water partition coefficient (Wildman–Crippen LogP) is 1.76. The summed E-state index contributed by atoms with van der Waals surface area (Å²) in [4.78, 5) is 0. The average molecular weight is 190 g/mol. The van der Waals surface area contributed by atoms with Crippen molar-refractivity contribution in [3.05, 3.63) is 35.9 Å². The number of aliphatic hydroxyl groups is 1. The number of methoxy groups -OCH3 is 1. The lowest BCUT2D eigenvalue weighted by atomic mass is 10.0. The van der Waals surface area contributed by atoms with Gasteiger partial charge in [0.05, 0.1) is 6.10 Å². The molecule has 0 amide bonds. The van der Waals surface area contributed by atoms with Gasteiger partial charge in [-0.25, -0.2) is 0 Å². The van der Waals surface area contributed by atoms with E-state index >= 15 is 0 Å². The molecule has 2 atom stereocenters. The Morgan fingerprint density at radius 1 is 1.43 bits per heavy atom. The minimum absolute atomic E-state index is 0.299. The van der Waals surface area contributed by atoms with Gasteiger partial charge in [0.25, 0.3) is 0 Å². The summed E-state index contributed by atoms with van der Waals surface area (Å²) in [7, 11) is 1.57. The third-order valence-electron chi connectivity index (χ3n) is 2.06. The number of hydrogen-bond donors (Lipinski definition) is 1. The van der Waals surface area contributed by atoms with Crippen LogP contribution < -0.4 is 0 Å². The van der Waals surface area contributed by atoms with Crippen LogP contribution in [0.2, 0.25) is 0 Å². The highest BCUT2D eigenvalue weighted by atomic mass is 16.5. The highest BCUT2D eigenvalue weighted by Gasteiger charge is 2.19. The molecule has 0 saturated heterocycles. The van der Waals surface area contributed by atoms with E-state index in [4.69, 9.17) is 11.2 Å². The van der Waals surface area contributed by atoms with E-state index in [1.54, 1.807) is 7.11 Å². The Morgan fingerprint density at radius 3 is 2.57 bits per heavy atom. The lowest BCUT2D eigenvalue weighted by molar-refractivity contribution is -0.0104. The van der Waals surface area contributed by atoms with Crippen molar-refractivity contribution in [1.29, 1.82) is 0 Å². The number of aliphatic hydroxyl groups excluding tert-OH is 1. The Balaban J connectivity index is 2.78. The second-order valence-electron chi connectivity index (χ2n) is 3.04. The van der Waals surface area contributed by atoms with Gasteiger partial charge in [-0.2, -0.15) is 0 Å². The maximum absolute atomic E-state index is 9.69. The highest BCUT2D eigenvalue weighted by molar-refractivity contribution is 5.19. The molecule has 0 spiro atoms. The standard InChI is InChI=1S/C12H14O2/c1-3-7-11(13)12(14-2)10-8-5-4-6-9-10/h1,4-6,8-9,11-13H,7H2,2H3. The third kappa shape index (κ3) is 2.59. The largest absolute Gasteiger partial charge is 0.389 e. The van der Waals surface area contributed by atoms with Crippen LogP contribution in [-0.4, -0.2) is 18.3 Å². The van der Waals surface area contributed by atoms with E-state index in [-0.39, 0.29) is 6.10 Å². The zero-order valence-corrected chi connectivity index (χ0v) is 8.18. The number of hydrogen-bond acceptors (Lipinski definition) is 2. The quantitative estimate of drug-likeness (QED) is 0.733. The minimum Gasteiger partial charge on any atom is -0.389 e. The molecule has 0 bridgehead atoms. The molecule has 0 aromatic heterocycles. The van der Waals surface area contributed by atoms with Crippen molar-refractivity contribution in [3.8, 4) is 12.3 Å². The van der Waals surface area contributed by atoms with E-state index in [9.17, 15) is 5.11 Å². The molecule has 1 rings (SSSR count). The minimum atomic E-state index is -0.646. The van der Waals surface area contributed by atoms with Gasteiger partial charge in [0.15, 0.2) is 0 Å². The number of ether oxygens (including phenoxy) is 1. The second kappa shape index (κ2) is 5.43. The highest BCUT2D eigenvalue weighted by Crippen LogP contribution is 2.21. The normalized spacial score (nSPS) is 14.4. The zero-order valence-electron chi connectivity index (χ0n) is 8.18. The molecule has 0 aliphatic carbocycles. The van der Waals surface area contributed by atoms with E-state index in [1.807, 2.05) is 30.3 Å². The Morgan fingerprint density at radius 2 is 2.07 bits per heavy atom. The van der Waals surface area contributed by atoms with Crippen LogP contribution in [0.25, 0.3) is 0 Å². The van der Waals surface area contributed by atoms with Gasteiger partial charge in [-0.1, -0.05) is 30.3 Å². The summed E-state index contributed by atoms with van der Waals surface area (Å²) in [6, 6.07) is 9.56. The molecule has 0 fully saturated rings. The van der Waals surface area contributed by atoms with Crippen molar-refractivity contribution in [2.24, 2.45) is 0 Å². The predicted molar refractivity (Wildman–Crippen MR) is 55.6 cm³/mol. The van der Waals surface area contributed by atoms with E-state index in [0.717, 1.165) is 5.56 Å². The fourth-order valence-corrected chi connectivity index (χ4v) is 1.39. The Bertz CT molecular complexity index is 300. The Labute approximate surface area is 84.5 Å². The molecule has 0 aliphatic rings. The van der Waals surface area contributed by atoms with Crippen molar-refractivity contribution >= 4 is 0 Å². The first kappa shape index (κ1) is 10.8. The van der Waals surface area contributed by atoms with Gasteiger partial charge in [0, 0.05) is 13.5 Å². The Kier molecular flexibility index (Phi) is 4.18. The summed E-state index contributed by atoms with van der Waals surface area (Å²) in [6.07, 6.45) is 4.45. The van der Waals surface area contributed by atoms with Crippen LogP contribution in [0.3, 0.4) is 0 Å². The first-order valence-corrected chi connectivity index (χ1v) is 4.49. The number of rotatable bonds is 4. The molecule has 1 aromatic rings. The van der Waals surface area contributed by atoms with Crippen LogP contribution >= 0.6 is 0 Å². The van der Waals surface area contributed by atoms with Crippen LogP contribution in [-0.2, 0) is 4.74 Å². The van der Waals surface area contributed by atoms with Gasteiger partial charge in [0.1, 0.15) is 6.10 Å². The van der Waals surface area contributed by atoms with Crippen LogP contribution in [0.5, 0.6) is 0 Å². The number of benzene rings is 1.